The first-order valence-electron chi connectivity index (χ1n) is 11.1. The van der Waals surface area contributed by atoms with Gasteiger partial charge in [0, 0.05) is 34.9 Å². The number of fused-ring (bicyclic) bond motifs is 2. The predicted octanol–water partition coefficient (Wildman–Crippen LogP) is 5.46. The molecule has 0 saturated heterocycles. The molecule has 5 rings (SSSR count). The molecule has 1 atom stereocenters. The number of hydrogen-bond acceptors (Lipinski definition) is 7. The fourth-order valence-electron chi connectivity index (χ4n) is 4.19. The summed E-state index contributed by atoms with van der Waals surface area (Å²) in [6.07, 6.45) is 0. The van der Waals surface area contributed by atoms with Gasteiger partial charge in [0.2, 0.25) is 5.28 Å². The Bertz CT molecular complexity index is 1440. The van der Waals surface area contributed by atoms with Crippen molar-refractivity contribution in [2.24, 2.45) is 0 Å². The Morgan fingerprint density at radius 1 is 1.00 bits per heavy atom. The van der Waals surface area contributed by atoms with Gasteiger partial charge in [-0.15, -0.1) is 0 Å². The van der Waals surface area contributed by atoms with Crippen molar-refractivity contribution in [3.8, 4) is 11.5 Å². The SMILES string of the molecule is COc1cc2nc(Cl)nc(NC(C)c3cccc(Nc4ccc5c(c4)CNC5=O)c3)c2cc1OC. The van der Waals surface area contributed by atoms with Crippen LogP contribution in [0, 0.1) is 0 Å². The Morgan fingerprint density at radius 2 is 1.77 bits per heavy atom. The molecule has 0 saturated carbocycles. The number of methoxy groups -OCH3 is 2. The third-order valence-electron chi connectivity index (χ3n) is 5.99. The molecule has 0 radical (unpaired) electrons. The number of nitrogens with zero attached hydrogens (tertiary/aromatic N) is 2. The lowest BCUT2D eigenvalue weighted by Crippen LogP contribution is -2.12. The number of carbonyl (C=O) groups is 1. The normalized spacial score (nSPS) is 13.2. The number of amides is 1. The third kappa shape index (κ3) is 4.52. The molecule has 8 nitrogen and oxygen atoms in total. The van der Waals surface area contributed by atoms with Gasteiger partial charge < -0.3 is 25.4 Å². The molecule has 1 aromatic heterocycles. The fraction of sp³-hybridized carbons (Fsp3) is 0.192. The molecule has 3 N–H and O–H groups in total. The van der Waals surface area contributed by atoms with Crippen LogP contribution in [0.2, 0.25) is 5.28 Å². The summed E-state index contributed by atoms with van der Waals surface area (Å²) in [5.74, 6) is 1.72. The highest BCUT2D eigenvalue weighted by molar-refractivity contribution is 6.28. The van der Waals surface area contributed by atoms with Crippen molar-refractivity contribution in [2.45, 2.75) is 19.5 Å². The van der Waals surface area contributed by atoms with E-state index < -0.39 is 0 Å². The van der Waals surface area contributed by atoms with Crippen molar-refractivity contribution in [1.82, 2.24) is 15.3 Å². The van der Waals surface area contributed by atoms with Crippen molar-refractivity contribution < 1.29 is 14.3 Å². The number of ether oxygens (including phenoxy) is 2. The molecular formula is C26H24ClN5O3. The van der Waals surface area contributed by atoms with Crippen LogP contribution in [-0.4, -0.2) is 30.1 Å². The molecule has 178 valence electrons. The van der Waals surface area contributed by atoms with Gasteiger partial charge in [-0.05, 0) is 66.0 Å². The standard InChI is InChI=1S/C26H24ClN5O3/c1-14(29-24-20-11-22(34-2)23(35-3)12-21(20)31-26(27)32-24)15-5-4-6-17(9-15)30-18-7-8-19-16(10-18)13-28-25(19)33/h4-12,14,30H,13H2,1-3H3,(H,28,33)(H,29,31,32). The number of hydrogen-bond donors (Lipinski definition) is 3. The summed E-state index contributed by atoms with van der Waals surface area (Å²) < 4.78 is 10.8. The summed E-state index contributed by atoms with van der Waals surface area (Å²) in [6.45, 7) is 2.60. The molecule has 1 unspecified atom stereocenters. The Morgan fingerprint density at radius 3 is 2.57 bits per heavy atom. The van der Waals surface area contributed by atoms with E-state index in [0.717, 1.165) is 33.5 Å². The average Bonchev–Trinajstić information content (AvgIpc) is 3.23. The summed E-state index contributed by atoms with van der Waals surface area (Å²) in [5, 5.41) is 10.6. The zero-order chi connectivity index (χ0) is 24.5. The monoisotopic (exact) mass is 489 g/mol. The van der Waals surface area contributed by atoms with E-state index in [-0.39, 0.29) is 17.2 Å². The molecule has 2 heterocycles. The van der Waals surface area contributed by atoms with Crippen LogP contribution in [0.3, 0.4) is 0 Å². The van der Waals surface area contributed by atoms with Crippen LogP contribution in [0.1, 0.15) is 34.5 Å². The summed E-state index contributed by atoms with van der Waals surface area (Å²) in [6, 6.07) is 17.4. The lowest BCUT2D eigenvalue weighted by atomic mass is 10.1. The summed E-state index contributed by atoms with van der Waals surface area (Å²) >= 11 is 6.22. The second-order valence-corrected chi connectivity index (χ2v) is 8.57. The number of benzene rings is 3. The van der Waals surface area contributed by atoms with E-state index in [2.05, 4.69) is 32.0 Å². The minimum absolute atomic E-state index is 0.0261. The van der Waals surface area contributed by atoms with Crippen molar-refractivity contribution in [2.75, 3.05) is 24.9 Å². The smallest absolute Gasteiger partial charge is 0.251 e. The third-order valence-corrected chi connectivity index (χ3v) is 6.16. The molecule has 1 aliphatic rings. The topological polar surface area (TPSA) is 97.4 Å². The highest BCUT2D eigenvalue weighted by Crippen LogP contribution is 2.36. The van der Waals surface area contributed by atoms with Crippen molar-refractivity contribution in [1.29, 1.82) is 0 Å². The first-order valence-corrected chi connectivity index (χ1v) is 11.5. The van der Waals surface area contributed by atoms with Crippen LogP contribution in [0.5, 0.6) is 11.5 Å². The van der Waals surface area contributed by atoms with E-state index >= 15 is 0 Å². The van der Waals surface area contributed by atoms with E-state index in [9.17, 15) is 4.79 Å². The Labute approximate surface area is 207 Å². The second-order valence-electron chi connectivity index (χ2n) is 8.24. The largest absolute Gasteiger partial charge is 0.493 e. The molecular weight excluding hydrogens is 466 g/mol. The maximum Gasteiger partial charge on any atom is 0.251 e. The number of anilines is 3. The van der Waals surface area contributed by atoms with Gasteiger partial charge in [0.1, 0.15) is 5.82 Å². The van der Waals surface area contributed by atoms with Crippen molar-refractivity contribution in [3.63, 3.8) is 0 Å². The first-order chi connectivity index (χ1) is 16.9. The molecule has 1 aliphatic heterocycles. The summed E-state index contributed by atoms with van der Waals surface area (Å²) in [4.78, 5) is 20.6. The van der Waals surface area contributed by atoms with E-state index in [1.807, 2.05) is 49.4 Å². The van der Waals surface area contributed by atoms with Crippen LogP contribution >= 0.6 is 11.6 Å². The molecule has 0 bridgehead atoms. The molecule has 0 spiro atoms. The van der Waals surface area contributed by atoms with E-state index in [4.69, 9.17) is 21.1 Å². The molecule has 9 heteroatoms. The zero-order valence-corrected chi connectivity index (χ0v) is 20.2. The van der Waals surface area contributed by atoms with Crippen molar-refractivity contribution in [3.05, 3.63) is 76.6 Å². The summed E-state index contributed by atoms with van der Waals surface area (Å²) in [5.41, 5.74) is 5.28. The number of halogens is 1. The van der Waals surface area contributed by atoms with Gasteiger partial charge >= 0.3 is 0 Å². The lowest BCUT2D eigenvalue weighted by molar-refractivity contribution is 0.0965. The highest BCUT2D eigenvalue weighted by atomic mass is 35.5. The van der Waals surface area contributed by atoms with Crippen LogP contribution in [0.15, 0.2) is 54.6 Å². The predicted molar refractivity (Wildman–Crippen MR) is 137 cm³/mol. The molecule has 3 aromatic carbocycles. The van der Waals surface area contributed by atoms with Gasteiger partial charge in [0.05, 0.1) is 25.8 Å². The van der Waals surface area contributed by atoms with Gasteiger partial charge in [-0.1, -0.05) is 12.1 Å². The van der Waals surface area contributed by atoms with Gasteiger partial charge in [0.25, 0.3) is 5.91 Å². The maximum atomic E-state index is 11.8. The maximum absolute atomic E-state index is 11.8. The molecule has 0 fully saturated rings. The average molecular weight is 490 g/mol. The van der Waals surface area contributed by atoms with E-state index in [1.54, 1.807) is 20.3 Å². The van der Waals surface area contributed by atoms with E-state index in [1.165, 1.54) is 0 Å². The van der Waals surface area contributed by atoms with Crippen LogP contribution in [-0.2, 0) is 6.54 Å². The Hall–Kier alpha value is -4.04. The minimum atomic E-state index is -0.0825. The van der Waals surface area contributed by atoms with Gasteiger partial charge in [-0.25, -0.2) is 9.97 Å². The number of aromatic nitrogens is 2. The fourth-order valence-corrected chi connectivity index (χ4v) is 4.36. The number of rotatable bonds is 7. The Balaban J connectivity index is 1.40. The lowest BCUT2D eigenvalue weighted by Gasteiger charge is -2.18. The number of nitrogens with one attached hydrogen (secondary N) is 3. The van der Waals surface area contributed by atoms with Crippen LogP contribution in [0.4, 0.5) is 17.2 Å². The van der Waals surface area contributed by atoms with Gasteiger partial charge in [-0.3, -0.25) is 4.79 Å². The van der Waals surface area contributed by atoms with Crippen LogP contribution in [0.25, 0.3) is 10.9 Å². The molecule has 4 aromatic rings. The second kappa shape index (κ2) is 9.31. The minimum Gasteiger partial charge on any atom is -0.493 e. The van der Waals surface area contributed by atoms with Gasteiger partial charge in [-0.2, -0.15) is 0 Å². The first kappa shape index (κ1) is 22.7. The molecule has 1 amide bonds. The van der Waals surface area contributed by atoms with Crippen LogP contribution < -0.4 is 25.4 Å². The van der Waals surface area contributed by atoms with Gasteiger partial charge in [0.15, 0.2) is 11.5 Å². The number of carbonyl (C=O) groups excluding carboxylic acids is 1. The molecule has 35 heavy (non-hydrogen) atoms. The van der Waals surface area contributed by atoms with E-state index in [0.29, 0.717) is 29.4 Å². The molecule has 0 aliphatic carbocycles. The van der Waals surface area contributed by atoms with Crippen molar-refractivity contribution >= 4 is 45.6 Å². The quantitative estimate of drug-likeness (QED) is 0.296. The Kier molecular flexibility index (Phi) is 6.05. The highest BCUT2D eigenvalue weighted by Gasteiger charge is 2.19. The zero-order valence-electron chi connectivity index (χ0n) is 19.5. The summed E-state index contributed by atoms with van der Waals surface area (Å²) in [7, 11) is 3.16.